The van der Waals surface area contributed by atoms with Crippen LogP contribution in [0.15, 0.2) is 96.2 Å². The summed E-state index contributed by atoms with van der Waals surface area (Å²) in [7, 11) is 5.21. The Morgan fingerprint density at radius 1 is 0.724 bits per heavy atom. The van der Waals surface area contributed by atoms with Crippen molar-refractivity contribution in [1.29, 1.82) is 0 Å². The summed E-state index contributed by atoms with van der Waals surface area (Å²) in [5.74, 6) is -6.90. The van der Waals surface area contributed by atoms with Crippen LogP contribution in [0, 0.1) is 23.7 Å². The topological polar surface area (TPSA) is 228 Å². The first-order valence-corrected chi connectivity index (χ1v) is 26.4. The lowest BCUT2D eigenvalue weighted by Gasteiger charge is -2.49. The minimum absolute atomic E-state index is 0.00626. The molecular formula is C58H80N2O16. The van der Waals surface area contributed by atoms with Gasteiger partial charge in [-0.05, 0) is 111 Å². The highest BCUT2D eigenvalue weighted by atomic mass is 16.7. The largest absolute Gasteiger partial charge is 0.459 e. The Kier molecular flexibility index (Phi) is 20.2. The number of carbonyl (C=O) groups excluding carboxylic acids is 4. The molecule has 0 bridgehead atoms. The molecule has 18 heteroatoms. The Balaban J connectivity index is 1.47. The van der Waals surface area contributed by atoms with Gasteiger partial charge in [-0.1, -0.05) is 87.4 Å². The van der Waals surface area contributed by atoms with Gasteiger partial charge in [0.05, 0.1) is 70.5 Å². The molecule has 0 unspecified atom stereocenters. The van der Waals surface area contributed by atoms with Gasteiger partial charge in [-0.15, -0.1) is 0 Å². The second kappa shape index (κ2) is 25.5. The van der Waals surface area contributed by atoms with Gasteiger partial charge in [0, 0.05) is 31.3 Å². The maximum Gasteiger partial charge on any atom is 0.365 e. The maximum atomic E-state index is 14.8. The molecule has 6 rings (SSSR count). The van der Waals surface area contributed by atoms with Crippen LogP contribution in [0.4, 0.5) is 0 Å². The standard InChI is InChI=1S/C58H80N2O16/c1-14-43-58(10,67)48(61)35(4)45(59-76-54(65)41-28-22-17-23-29-41)33(2)31-56(8,66)49(75-55-47(42(60(11)12)30-34(3)69-55)73-52(63)39-24-18-15-19-25-39)36(5)46(37(6)51(62)71-43)72-44-32-57(9,68-13)50(38(7)70-44)74-53(64)40-26-20-16-21-27-40/h15-29,33-38,42-44,46-50,55,61,66-67H,14,30-32H2,1-13H3/t33-,34-,35+,36+,37-,38+,42+,43-,44+,46+,47-,48-,49-,50+,55+,56-,57-,58-/m1/s1. The average molecular weight is 1060 g/mol. The third-order valence-electron chi connectivity index (χ3n) is 15.5. The number of benzene rings is 3. The summed E-state index contributed by atoms with van der Waals surface area (Å²) in [5, 5.41) is 42.1. The second-order valence-corrected chi connectivity index (χ2v) is 21.8. The van der Waals surface area contributed by atoms with Crippen molar-refractivity contribution in [2.24, 2.45) is 28.8 Å². The molecule has 0 spiro atoms. The van der Waals surface area contributed by atoms with Crippen LogP contribution >= 0.6 is 0 Å². The van der Waals surface area contributed by atoms with Crippen molar-refractivity contribution in [3.8, 4) is 0 Å². The number of aliphatic hydroxyl groups excluding tert-OH is 1. The monoisotopic (exact) mass is 1060 g/mol. The van der Waals surface area contributed by atoms with Crippen LogP contribution in [0.3, 0.4) is 0 Å². The summed E-state index contributed by atoms with van der Waals surface area (Å²) in [4.78, 5) is 63.1. The van der Waals surface area contributed by atoms with Gasteiger partial charge in [0.25, 0.3) is 0 Å². The molecule has 3 aromatic rings. The minimum atomic E-state index is -2.10. The number of methoxy groups -OCH3 is 1. The molecule has 0 amide bonds. The number of likely N-dealkylation sites (N-methyl/N-ethyl adjacent to an activating group) is 1. The first-order valence-electron chi connectivity index (χ1n) is 26.4. The highest BCUT2D eigenvalue weighted by molar-refractivity contribution is 5.92. The number of oxime groups is 1. The van der Waals surface area contributed by atoms with Gasteiger partial charge < -0.3 is 63.0 Å². The molecule has 3 N–H and O–H groups in total. The number of hydrogen-bond donors (Lipinski definition) is 3. The Morgan fingerprint density at radius 3 is 1.79 bits per heavy atom. The molecule has 76 heavy (non-hydrogen) atoms. The quantitative estimate of drug-likeness (QED) is 0.0668. The van der Waals surface area contributed by atoms with E-state index in [0.717, 1.165) is 0 Å². The lowest BCUT2D eigenvalue weighted by atomic mass is 9.73. The van der Waals surface area contributed by atoms with E-state index in [9.17, 15) is 34.5 Å². The zero-order valence-electron chi connectivity index (χ0n) is 46.2. The van der Waals surface area contributed by atoms with E-state index in [1.807, 2.05) is 25.9 Å². The fourth-order valence-corrected chi connectivity index (χ4v) is 11.2. The molecule has 0 aliphatic carbocycles. The molecule has 0 saturated carbocycles. The number of carbonyl (C=O) groups is 4. The van der Waals surface area contributed by atoms with Crippen molar-refractivity contribution in [3.05, 3.63) is 108 Å². The van der Waals surface area contributed by atoms with Gasteiger partial charge in [0.2, 0.25) is 0 Å². The molecule has 3 aromatic carbocycles. The van der Waals surface area contributed by atoms with E-state index >= 15 is 0 Å². The molecule has 3 aliphatic rings. The normalized spacial score (nSPS) is 37.4. The van der Waals surface area contributed by atoms with E-state index in [1.54, 1.807) is 146 Å². The maximum absolute atomic E-state index is 14.8. The van der Waals surface area contributed by atoms with Crippen molar-refractivity contribution in [2.45, 2.75) is 179 Å². The molecule has 3 fully saturated rings. The second-order valence-electron chi connectivity index (χ2n) is 21.8. The lowest BCUT2D eigenvalue weighted by molar-refractivity contribution is -0.317. The molecule has 3 heterocycles. The predicted octanol–water partition coefficient (Wildman–Crippen LogP) is 7.16. The van der Waals surface area contributed by atoms with Crippen LogP contribution in [-0.4, -0.2) is 155 Å². The molecule has 18 atom stereocenters. The van der Waals surface area contributed by atoms with Crippen molar-refractivity contribution < 1.29 is 77.2 Å². The van der Waals surface area contributed by atoms with E-state index in [0.29, 0.717) is 17.5 Å². The number of rotatable bonds is 13. The molecule has 0 radical (unpaired) electrons. The summed E-state index contributed by atoms with van der Waals surface area (Å²) in [6, 6.07) is 24.8. The van der Waals surface area contributed by atoms with E-state index in [1.165, 1.54) is 14.0 Å². The van der Waals surface area contributed by atoms with Crippen LogP contribution < -0.4 is 0 Å². The van der Waals surface area contributed by atoms with E-state index in [2.05, 4.69) is 5.16 Å². The van der Waals surface area contributed by atoms with E-state index < -0.39 is 132 Å². The first kappa shape index (κ1) is 60.1. The predicted molar refractivity (Wildman–Crippen MR) is 280 cm³/mol. The van der Waals surface area contributed by atoms with Crippen LogP contribution in [0.2, 0.25) is 0 Å². The minimum Gasteiger partial charge on any atom is -0.459 e. The molecular weight excluding hydrogens is 981 g/mol. The lowest BCUT2D eigenvalue weighted by Crippen LogP contribution is -2.62. The van der Waals surface area contributed by atoms with Gasteiger partial charge in [-0.25, -0.2) is 14.4 Å². The summed E-state index contributed by atoms with van der Waals surface area (Å²) in [6.07, 6.45) is -10.9. The Bertz CT molecular complexity index is 2420. The van der Waals surface area contributed by atoms with Gasteiger partial charge in [0.1, 0.15) is 17.3 Å². The highest BCUT2D eigenvalue weighted by Gasteiger charge is 2.55. The fraction of sp³-hybridized carbons (Fsp3) is 0.603. The summed E-state index contributed by atoms with van der Waals surface area (Å²) < 4.78 is 51.9. The smallest absolute Gasteiger partial charge is 0.365 e. The van der Waals surface area contributed by atoms with Gasteiger partial charge >= 0.3 is 23.9 Å². The van der Waals surface area contributed by atoms with Crippen LogP contribution in [0.1, 0.15) is 126 Å². The third kappa shape index (κ3) is 13.9. The van der Waals surface area contributed by atoms with Crippen molar-refractivity contribution >= 4 is 29.6 Å². The summed E-state index contributed by atoms with van der Waals surface area (Å²) in [5.41, 5.74) is -4.32. The SMILES string of the molecule is CC[C@H]1OC(=O)[C@H](C)[C@@H](O[C@H]2C[C@@](C)(OC)[C@@H](OC(=O)c3ccccc3)[C@H](C)O2)[C@H](C)[C@@H](O[C@@H]2O[C@H](C)C[C@H](N(C)C)[C@H]2OC(=O)c2ccccc2)[C@](C)(O)C[C@@H](C)C(=NOC(=O)c2ccccc2)[C@H](C)[C@@H](O)[C@]1(C)O. The first-order chi connectivity index (χ1) is 35.8. The van der Waals surface area contributed by atoms with Crippen molar-refractivity contribution in [1.82, 2.24) is 4.90 Å². The Morgan fingerprint density at radius 2 is 1.26 bits per heavy atom. The zero-order valence-corrected chi connectivity index (χ0v) is 46.2. The number of ether oxygens (including phenoxy) is 8. The number of aliphatic hydroxyl groups is 3. The van der Waals surface area contributed by atoms with Crippen LogP contribution in [0.25, 0.3) is 0 Å². The number of esters is 3. The molecule has 18 nitrogen and oxygen atoms in total. The van der Waals surface area contributed by atoms with Gasteiger partial charge in [0.15, 0.2) is 24.8 Å². The van der Waals surface area contributed by atoms with Crippen molar-refractivity contribution in [3.63, 3.8) is 0 Å². The average Bonchev–Trinajstić information content (AvgIpc) is 3.39. The highest BCUT2D eigenvalue weighted by Crippen LogP contribution is 2.42. The van der Waals surface area contributed by atoms with Crippen LogP contribution in [-0.2, 0) is 47.5 Å². The molecule has 418 valence electrons. The Labute approximate surface area is 447 Å². The zero-order chi connectivity index (χ0) is 55.9. The van der Waals surface area contributed by atoms with E-state index in [-0.39, 0.29) is 30.5 Å². The summed E-state index contributed by atoms with van der Waals surface area (Å²) >= 11 is 0. The third-order valence-corrected chi connectivity index (χ3v) is 15.5. The molecule has 3 aliphatic heterocycles. The summed E-state index contributed by atoms with van der Waals surface area (Å²) in [6.45, 7) is 16.6. The Hall–Kier alpha value is -5.15. The van der Waals surface area contributed by atoms with Crippen LogP contribution in [0.5, 0.6) is 0 Å². The number of cyclic esters (lactones) is 1. The molecule has 3 saturated heterocycles. The van der Waals surface area contributed by atoms with Crippen molar-refractivity contribution in [2.75, 3.05) is 21.2 Å². The number of nitrogens with zero attached hydrogens (tertiary/aromatic N) is 2. The molecule has 0 aromatic heterocycles. The number of hydrogen-bond acceptors (Lipinski definition) is 18. The van der Waals surface area contributed by atoms with E-state index in [4.69, 9.17) is 42.7 Å². The van der Waals surface area contributed by atoms with Gasteiger partial charge in [-0.2, -0.15) is 0 Å². The van der Waals surface area contributed by atoms with Gasteiger partial charge in [-0.3, -0.25) is 4.79 Å². The fourth-order valence-electron chi connectivity index (χ4n) is 11.2.